The Balaban J connectivity index is 1.81. The third-order valence-corrected chi connectivity index (χ3v) is 3.33. The summed E-state index contributed by atoms with van der Waals surface area (Å²) in [6, 6.07) is 3.80. The molecule has 4 heteroatoms. The van der Waals surface area contributed by atoms with E-state index in [4.69, 9.17) is 4.42 Å². The maximum Gasteiger partial charge on any atom is 0.254 e. The van der Waals surface area contributed by atoms with Crippen molar-refractivity contribution < 1.29 is 14.0 Å². The molecule has 1 aliphatic carbocycles. The van der Waals surface area contributed by atoms with Gasteiger partial charge in [-0.1, -0.05) is 6.92 Å². The number of hydrogen-bond acceptors (Lipinski definition) is 3. The lowest BCUT2D eigenvalue weighted by molar-refractivity contribution is -0.124. The fourth-order valence-electron chi connectivity index (χ4n) is 2.16. The van der Waals surface area contributed by atoms with Gasteiger partial charge in [-0.15, -0.1) is 0 Å². The van der Waals surface area contributed by atoms with Crippen LogP contribution in [0.5, 0.6) is 0 Å². The second kappa shape index (κ2) is 3.58. The highest BCUT2D eigenvalue weighted by Gasteiger charge is 2.36. The first-order chi connectivity index (χ1) is 8.13. The summed E-state index contributed by atoms with van der Waals surface area (Å²) in [5.41, 5.74) is 0.472. The van der Waals surface area contributed by atoms with E-state index in [1.807, 2.05) is 12.1 Å². The van der Waals surface area contributed by atoms with Crippen molar-refractivity contribution in [3.05, 3.63) is 29.2 Å². The standard InChI is InChI=1S/C13H13NO3/c1-7-4-10(7)11-3-2-9(17-11)5-8-6-12(15)14-13(8)16/h2-3,5,7,10H,4,6H2,1H3,(H,14,15,16). The van der Waals surface area contributed by atoms with Crippen LogP contribution in [0.15, 0.2) is 22.1 Å². The highest BCUT2D eigenvalue weighted by atomic mass is 16.3. The van der Waals surface area contributed by atoms with E-state index in [2.05, 4.69) is 12.2 Å². The second-order valence-electron chi connectivity index (χ2n) is 4.78. The SMILES string of the molecule is CC1CC1c1ccc(C=C2CC(=O)NC2=O)o1. The van der Waals surface area contributed by atoms with Gasteiger partial charge in [0.05, 0.1) is 6.42 Å². The van der Waals surface area contributed by atoms with Crippen LogP contribution >= 0.6 is 0 Å². The minimum atomic E-state index is -0.312. The van der Waals surface area contributed by atoms with Gasteiger partial charge in [-0.05, 0) is 30.5 Å². The minimum Gasteiger partial charge on any atom is -0.461 e. The first-order valence-electron chi connectivity index (χ1n) is 5.78. The van der Waals surface area contributed by atoms with E-state index < -0.39 is 0 Å². The van der Waals surface area contributed by atoms with Crippen LogP contribution in [0, 0.1) is 5.92 Å². The molecule has 1 aromatic heterocycles. The third kappa shape index (κ3) is 1.90. The molecule has 2 aliphatic rings. The molecule has 2 fully saturated rings. The monoisotopic (exact) mass is 231 g/mol. The fourth-order valence-corrected chi connectivity index (χ4v) is 2.16. The molecule has 2 atom stereocenters. The minimum absolute atomic E-state index is 0.148. The molecular formula is C13H13NO3. The Labute approximate surface area is 98.7 Å². The van der Waals surface area contributed by atoms with Crippen molar-refractivity contribution in [3.8, 4) is 0 Å². The van der Waals surface area contributed by atoms with E-state index in [-0.39, 0.29) is 18.2 Å². The summed E-state index contributed by atoms with van der Waals surface area (Å²) >= 11 is 0. The zero-order valence-corrected chi connectivity index (χ0v) is 9.53. The Hall–Kier alpha value is -1.84. The van der Waals surface area contributed by atoms with Crippen LogP contribution in [0.3, 0.4) is 0 Å². The molecule has 0 spiro atoms. The summed E-state index contributed by atoms with van der Waals surface area (Å²) in [6.07, 6.45) is 2.97. The Kier molecular flexibility index (Phi) is 2.18. The maximum atomic E-state index is 11.4. The second-order valence-corrected chi connectivity index (χ2v) is 4.78. The molecule has 88 valence electrons. The molecule has 1 saturated carbocycles. The number of carbonyl (C=O) groups is 2. The molecule has 2 heterocycles. The zero-order valence-electron chi connectivity index (χ0n) is 9.53. The van der Waals surface area contributed by atoms with Gasteiger partial charge >= 0.3 is 0 Å². The van der Waals surface area contributed by atoms with Crippen molar-refractivity contribution in [3.63, 3.8) is 0 Å². The van der Waals surface area contributed by atoms with Crippen molar-refractivity contribution >= 4 is 17.9 Å². The van der Waals surface area contributed by atoms with E-state index in [0.717, 1.165) is 5.76 Å². The van der Waals surface area contributed by atoms with Gasteiger partial charge in [0.2, 0.25) is 5.91 Å². The number of carbonyl (C=O) groups excluding carboxylic acids is 2. The van der Waals surface area contributed by atoms with E-state index in [9.17, 15) is 9.59 Å². The number of rotatable bonds is 2. The third-order valence-electron chi connectivity index (χ3n) is 3.33. The summed E-state index contributed by atoms with van der Waals surface area (Å²) in [5, 5.41) is 2.25. The van der Waals surface area contributed by atoms with E-state index in [1.165, 1.54) is 6.42 Å². The predicted molar refractivity (Wildman–Crippen MR) is 61.0 cm³/mol. The molecule has 1 N–H and O–H groups in total. The van der Waals surface area contributed by atoms with Gasteiger partial charge in [0.25, 0.3) is 5.91 Å². The molecule has 17 heavy (non-hydrogen) atoms. The quantitative estimate of drug-likeness (QED) is 0.624. The fraction of sp³-hybridized carbons (Fsp3) is 0.385. The van der Waals surface area contributed by atoms with Gasteiger partial charge < -0.3 is 4.42 Å². The normalized spacial score (nSPS) is 29.8. The molecule has 4 nitrogen and oxygen atoms in total. The van der Waals surface area contributed by atoms with E-state index in [1.54, 1.807) is 6.08 Å². The number of nitrogens with one attached hydrogen (secondary N) is 1. The van der Waals surface area contributed by atoms with Crippen molar-refractivity contribution in [1.82, 2.24) is 5.32 Å². The Morgan fingerprint density at radius 3 is 2.76 bits per heavy atom. The van der Waals surface area contributed by atoms with Crippen LogP contribution < -0.4 is 5.32 Å². The van der Waals surface area contributed by atoms with Gasteiger partial charge in [-0.25, -0.2) is 0 Å². The van der Waals surface area contributed by atoms with Crippen LogP contribution in [-0.2, 0) is 9.59 Å². The van der Waals surface area contributed by atoms with Crippen molar-refractivity contribution in [1.29, 1.82) is 0 Å². The van der Waals surface area contributed by atoms with Crippen molar-refractivity contribution in [2.24, 2.45) is 5.92 Å². The van der Waals surface area contributed by atoms with Gasteiger partial charge in [0.1, 0.15) is 11.5 Å². The first-order valence-corrected chi connectivity index (χ1v) is 5.78. The molecular weight excluding hydrogens is 218 g/mol. The summed E-state index contributed by atoms with van der Waals surface area (Å²) in [5.74, 6) is 2.30. The molecule has 2 amide bonds. The molecule has 1 aliphatic heterocycles. The molecule has 0 aromatic carbocycles. The molecule has 0 radical (unpaired) electrons. The summed E-state index contributed by atoms with van der Waals surface area (Å²) in [7, 11) is 0. The largest absolute Gasteiger partial charge is 0.461 e. The topological polar surface area (TPSA) is 59.3 Å². The van der Waals surface area contributed by atoms with Crippen LogP contribution in [0.1, 0.15) is 37.2 Å². The van der Waals surface area contributed by atoms with Crippen LogP contribution in [0.2, 0.25) is 0 Å². The van der Waals surface area contributed by atoms with Gasteiger partial charge in [0, 0.05) is 11.5 Å². The number of furan rings is 1. The Morgan fingerprint density at radius 2 is 2.18 bits per heavy atom. The lowest BCUT2D eigenvalue weighted by Gasteiger charge is -1.92. The maximum absolute atomic E-state index is 11.4. The Morgan fingerprint density at radius 1 is 1.41 bits per heavy atom. The van der Waals surface area contributed by atoms with E-state index >= 15 is 0 Å². The lowest BCUT2D eigenvalue weighted by atomic mass is 10.2. The van der Waals surface area contributed by atoms with Gasteiger partial charge in [-0.2, -0.15) is 0 Å². The summed E-state index contributed by atoms with van der Waals surface area (Å²) in [4.78, 5) is 22.4. The van der Waals surface area contributed by atoms with E-state index in [0.29, 0.717) is 23.2 Å². The highest BCUT2D eigenvalue weighted by Crippen LogP contribution is 2.47. The highest BCUT2D eigenvalue weighted by molar-refractivity contribution is 6.15. The average molecular weight is 231 g/mol. The lowest BCUT2D eigenvalue weighted by Crippen LogP contribution is -2.19. The van der Waals surface area contributed by atoms with Crippen molar-refractivity contribution in [2.75, 3.05) is 0 Å². The van der Waals surface area contributed by atoms with Crippen molar-refractivity contribution in [2.45, 2.75) is 25.7 Å². The number of hydrogen-bond donors (Lipinski definition) is 1. The van der Waals surface area contributed by atoms with Gasteiger partial charge in [-0.3, -0.25) is 14.9 Å². The van der Waals surface area contributed by atoms with Gasteiger partial charge in [0.15, 0.2) is 0 Å². The van der Waals surface area contributed by atoms with Crippen LogP contribution in [-0.4, -0.2) is 11.8 Å². The number of imide groups is 1. The average Bonchev–Trinajstić information content (AvgIpc) is 2.71. The Bertz CT molecular complexity index is 527. The van der Waals surface area contributed by atoms with Crippen LogP contribution in [0.4, 0.5) is 0 Å². The smallest absolute Gasteiger partial charge is 0.254 e. The molecule has 3 rings (SSSR count). The molecule has 1 saturated heterocycles. The molecule has 0 bridgehead atoms. The predicted octanol–water partition coefficient (Wildman–Crippen LogP) is 1.83. The first kappa shape index (κ1) is 10.3. The molecule has 2 unspecified atom stereocenters. The zero-order chi connectivity index (χ0) is 12.0. The molecule has 1 aromatic rings. The van der Waals surface area contributed by atoms with Crippen LogP contribution in [0.25, 0.3) is 6.08 Å². The summed E-state index contributed by atoms with van der Waals surface area (Å²) in [6.45, 7) is 2.19. The number of amides is 2. The summed E-state index contributed by atoms with van der Waals surface area (Å²) < 4.78 is 5.66.